The lowest BCUT2D eigenvalue weighted by Gasteiger charge is -2.19. The second kappa shape index (κ2) is 7.49. The van der Waals surface area contributed by atoms with Gasteiger partial charge in [-0.25, -0.2) is 0 Å². The number of carbonyl (C=O) groups is 1. The molecule has 0 fully saturated rings. The van der Waals surface area contributed by atoms with Crippen LogP contribution in [0.5, 0.6) is 0 Å². The van der Waals surface area contributed by atoms with Crippen LogP contribution in [0.15, 0.2) is 12.3 Å². The first-order chi connectivity index (χ1) is 7.37. The molecule has 0 rings (SSSR count). The SMILES string of the molecule is C/C=C\NC(=S)C(=O)CNCOC(C)(C)C. The summed E-state index contributed by atoms with van der Waals surface area (Å²) in [5.74, 6) is -0.148. The second-order valence-electron chi connectivity index (χ2n) is 4.22. The van der Waals surface area contributed by atoms with Crippen molar-refractivity contribution < 1.29 is 9.53 Å². The highest BCUT2D eigenvalue weighted by molar-refractivity contribution is 7.82. The number of hydrogen-bond acceptors (Lipinski definition) is 4. The van der Waals surface area contributed by atoms with Crippen molar-refractivity contribution in [2.45, 2.75) is 33.3 Å². The zero-order valence-corrected chi connectivity index (χ0v) is 11.1. The fourth-order valence-electron chi connectivity index (χ4n) is 0.752. The number of ketones is 1. The molecule has 0 aliphatic carbocycles. The third-order valence-electron chi connectivity index (χ3n) is 1.53. The van der Waals surface area contributed by atoms with Gasteiger partial charge >= 0.3 is 0 Å². The van der Waals surface area contributed by atoms with E-state index in [9.17, 15) is 4.79 Å². The molecule has 0 aromatic carbocycles. The minimum atomic E-state index is -0.209. The standard InChI is InChI=1S/C11H20N2O2S/c1-5-6-13-10(16)9(14)7-12-8-15-11(2,3)4/h5-6,12H,7-8H2,1-4H3,(H,13,16)/b6-5-. The lowest BCUT2D eigenvalue weighted by Crippen LogP contribution is -2.36. The molecule has 0 bridgehead atoms. The zero-order valence-electron chi connectivity index (χ0n) is 10.3. The molecule has 0 unspecified atom stereocenters. The summed E-state index contributed by atoms with van der Waals surface area (Å²) >= 11 is 4.87. The van der Waals surface area contributed by atoms with Crippen molar-refractivity contribution in [2.75, 3.05) is 13.3 Å². The summed E-state index contributed by atoms with van der Waals surface area (Å²) in [5, 5.41) is 5.59. The monoisotopic (exact) mass is 244 g/mol. The van der Waals surface area contributed by atoms with Gasteiger partial charge in [0.15, 0.2) is 0 Å². The van der Waals surface area contributed by atoms with Crippen LogP contribution >= 0.6 is 12.2 Å². The average molecular weight is 244 g/mol. The molecule has 0 aliphatic heterocycles. The Balaban J connectivity index is 3.69. The van der Waals surface area contributed by atoms with Crippen molar-refractivity contribution in [3.8, 4) is 0 Å². The molecule has 0 atom stereocenters. The molecular formula is C11H20N2O2S. The van der Waals surface area contributed by atoms with Crippen LogP contribution in [0, 0.1) is 0 Å². The predicted octanol–water partition coefficient (Wildman–Crippen LogP) is 1.37. The van der Waals surface area contributed by atoms with Crippen LogP contribution < -0.4 is 10.6 Å². The number of Topliss-reactive ketones (excluding diaryl/α,β-unsaturated/α-hetero) is 1. The second-order valence-corrected chi connectivity index (χ2v) is 4.63. The molecule has 16 heavy (non-hydrogen) atoms. The van der Waals surface area contributed by atoms with E-state index in [4.69, 9.17) is 17.0 Å². The maximum absolute atomic E-state index is 11.4. The van der Waals surface area contributed by atoms with Gasteiger partial charge in [0.2, 0.25) is 5.78 Å². The first-order valence-corrected chi connectivity index (χ1v) is 5.57. The van der Waals surface area contributed by atoms with E-state index in [1.807, 2.05) is 27.7 Å². The van der Waals surface area contributed by atoms with Crippen LogP contribution in [0.2, 0.25) is 0 Å². The molecule has 92 valence electrons. The van der Waals surface area contributed by atoms with Crippen molar-refractivity contribution >= 4 is 23.0 Å². The van der Waals surface area contributed by atoms with Crippen molar-refractivity contribution in [1.29, 1.82) is 0 Å². The van der Waals surface area contributed by atoms with E-state index in [1.54, 1.807) is 12.3 Å². The van der Waals surface area contributed by atoms with Crippen molar-refractivity contribution in [2.24, 2.45) is 0 Å². The molecule has 0 aromatic heterocycles. The molecule has 2 N–H and O–H groups in total. The summed E-state index contributed by atoms with van der Waals surface area (Å²) in [6, 6.07) is 0. The summed E-state index contributed by atoms with van der Waals surface area (Å²) in [5.41, 5.74) is -0.209. The molecule has 0 spiro atoms. The molecule has 0 saturated carbocycles. The minimum absolute atomic E-state index is 0.148. The molecule has 0 radical (unpaired) electrons. The van der Waals surface area contributed by atoms with Crippen molar-refractivity contribution in [3.63, 3.8) is 0 Å². The van der Waals surface area contributed by atoms with Gasteiger partial charge in [0.1, 0.15) is 4.99 Å². The van der Waals surface area contributed by atoms with E-state index in [2.05, 4.69) is 10.6 Å². The highest BCUT2D eigenvalue weighted by Crippen LogP contribution is 2.04. The zero-order chi connectivity index (χ0) is 12.6. The largest absolute Gasteiger partial charge is 0.361 e. The number of thiocarbonyl (C=S) groups is 1. The molecular weight excluding hydrogens is 224 g/mol. The fourth-order valence-corrected chi connectivity index (χ4v) is 0.892. The molecule has 0 aromatic rings. The first kappa shape index (κ1) is 15.2. The molecule has 0 amide bonds. The van der Waals surface area contributed by atoms with Gasteiger partial charge in [0.05, 0.1) is 18.9 Å². The van der Waals surface area contributed by atoms with Crippen LogP contribution in [0.4, 0.5) is 0 Å². The Morgan fingerprint density at radius 1 is 1.44 bits per heavy atom. The Morgan fingerprint density at radius 3 is 2.56 bits per heavy atom. The highest BCUT2D eigenvalue weighted by Gasteiger charge is 2.10. The number of hydrogen-bond donors (Lipinski definition) is 2. The van der Waals surface area contributed by atoms with Gasteiger partial charge in [-0.2, -0.15) is 0 Å². The smallest absolute Gasteiger partial charge is 0.203 e. The molecule has 5 heteroatoms. The lowest BCUT2D eigenvalue weighted by atomic mass is 10.2. The van der Waals surface area contributed by atoms with Crippen LogP contribution in [0.25, 0.3) is 0 Å². The summed E-state index contributed by atoms with van der Waals surface area (Å²) in [6.45, 7) is 8.22. The Morgan fingerprint density at radius 2 is 2.06 bits per heavy atom. The molecule has 4 nitrogen and oxygen atoms in total. The predicted molar refractivity (Wildman–Crippen MR) is 69.3 cm³/mol. The number of ether oxygens (including phenoxy) is 1. The van der Waals surface area contributed by atoms with Crippen LogP contribution in [0.1, 0.15) is 27.7 Å². The fraction of sp³-hybridized carbons (Fsp3) is 0.636. The van der Waals surface area contributed by atoms with Gasteiger partial charge in [-0.15, -0.1) is 0 Å². The van der Waals surface area contributed by atoms with Crippen molar-refractivity contribution in [3.05, 3.63) is 12.3 Å². The average Bonchev–Trinajstić information content (AvgIpc) is 2.19. The van der Waals surface area contributed by atoms with Crippen LogP contribution in [-0.2, 0) is 9.53 Å². The summed E-state index contributed by atoms with van der Waals surface area (Å²) in [6.07, 6.45) is 3.40. The van der Waals surface area contributed by atoms with E-state index in [0.29, 0.717) is 6.73 Å². The number of nitrogens with one attached hydrogen (secondary N) is 2. The van der Waals surface area contributed by atoms with Gasteiger partial charge in [-0.05, 0) is 33.9 Å². The van der Waals surface area contributed by atoms with Crippen molar-refractivity contribution in [1.82, 2.24) is 10.6 Å². The van der Waals surface area contributed by atoms with Crippen LogP contribution in [0.3, 0.4) is 0 Å². The Bertz CT molecular complexity index is 270. The summed E-state index contributed by atoms with van der Waals surface area (Å²) < 4.78 is 5.40. The lowest BCUT2D eigenvalue weighted by molar-refractivity contribution is -0.113. The summed E-state index contributed by atoms with van der Waals surface area (Å²) in [4.78, 5) is 11.6. The van der Waals surface area contributed by atoms with E-state index in [0.717, 1.165) is 0 Å². The number of allylic oxidation sites excluding steroid dienone is 1. The quantitative estimate of drug-likeness (QED) is 0.420. The first-order valence-electron chi connectivity index (χ1n) is 5.16. The Labute approximate surface area is 102 Å². The maximum atomic E-state index is 11.4. The van der Waals surface area contributed by atoms with Gasteiger partial charge in [-0.1, -0.05) is 18.3 Å². The van der Waals surface area contributed by atoms with E-state index in [-0.39, 0.29) is 22.9 Å². The van der Waals surface area contributed by atoms with Crippen LogP contribution in [-0.4, -0.2) is 29.6 Å². The van der Waals surface area contributed by atoms with Gasteiger partial charge in [0, 0.05) is 0 Å². The number of rotatable bonds is 6. The van der Waals surface area contributed by atoms with Gasteiger partial charge in [0.25, 0.3) is 0 Å². The van der Waals surface area contributed by atoms with Gasteiger partial charge < -0.3 is 10.1 Å². The third kappa shape index (κ3) is 8.52. The third-order valence-corrected chi connectivity index (χ3v) is 1.87. The Hall–Kier alpha value is -0.780. The van der Waals surface area contributed by atoms with E-state index < -0.39 is 0 Å². The summed E-state index contributed by atoms with van der Waals surface area (Å²) in [7, 11) is 0. The normalized spacial score (nSPS) is 11.8. The molecule has 0 aliphatic rings. The Kier molecular flexibility index (Phi) is 7.12. The minimum Gasteiger partial charge on any atom is -0.361 e. The number of carbonyl (C=O) groups excluding carboxylic acids is 1. The van der Waals surface area contributed by atoms with Gasteiger partial charge in [-0.3, -0.25) is 10.1 Å². The molecule has 0 heterocycles. The maximum Gasteiger partial charge on any atom is 0.203 e. The topological polar surface area (TPSA) is 50.4 Å². The van der Waals surface area contributed by atoms with E-state index >= 15 is 0 Å². The molecule has 0 saturated heterocycles. The highest BCUT2D eigenvalue weighted by atomic mass is 32.1. The van der Waals surface area contributed by atoms with E-state index in [1.165, 1.54) is 0 Å².